The average Bonchev–Trinajstić information content (AvgIpc) is 3.37. The molecule has 3 aromatic heterocycles. The summed E-state index contributed by atoms with van der Waals surface area (Å²) in [6.45, 7) is 2.81. The molecule has 4 heterocycles. The summed E-state index contributed by atoms with van der Waals surface area (Å²) in [5.41, 5.74) is 2.00. The number of likely N-dealkylation sites (tertiary alicyclic amines) is 1. The zero-order chi connectivity index (χ0) is 21.8. The van der Waals surface area contributed by atoms with Crippen LogP contribution in [0.4, 0.5) is 0 Å². The molecule has 5 rings (SSSR count). The second-order valence-corrected chi connectivity index (χ2v) is 9.88. The number of nitrogens with zero attached hydrogens (tertiary/aromatic N) is 5. The lowest BCUT2D eigenvalue weighted by atomic mass is 9.94. The van der Waals surface area contributed by atoms with Gasteiger partial charge in [-0.3, -0.25) is 4.79 Å². The molecule has 9 nitrogen and oxygen atoms in total. The van der Waals surface area contributed by atoms with Crippen LogP contribution in [0.25, 0.3) is 16.7 Å². The van der Waals surface area contributed by atoms with Crippen LogP contribution in [0.5, 0.6) is 0 Å². The number of para-hydroxylation sites is 1. The molecule has 10 heteroatoms. The third kappa shape index (κ3) is 3.27. The number of fused-ring (bicyclic) bond motifs is 2. The Morgan fingerprint density at radius 1 is 1.23 bits per heavy atom. The Labute approximate surface area is 178 Å². The molecule has 0 bridgehead atoms. The Morgan fingerprint density at radius 2 is 2.03 bits per heavy atom. The average molecular weight is 439 g/mol. The molecule has 0 unspecified atom stereocenters. The summed E-state index contributed by atoms with van der Waals surface area (Å²) in [6, 6.07) is 7.56. The Bertz CT molecular complexity index is 1420. The molecule has 0 radical (unpaired) electrons. The highest BCUT2D eigenvalue weighted by Crippen LogP contribution is 2.33. The molecule has 4 aromatic rings. The molecule has 1 atom stereocenters. The topological polar surface area (TPSA) is 111 Å². The van der Waals surface area contributed by atoms with Crippen molar-refractivity contribution in [1.82, 2.24) is 24.5 Å². The largest absolute Gasteiger partial charge is 0.451 e. The Morgan fingerprint density at radius 3 is 2.81 bits per heavy atom. The maximum atomic E-state index is 13.3. The van der Waals surface area contributed by atoms with Gasteiger partial charge in [0.05, 0.1) is 11.9 Å². The van der Waals surface area contributed by atoms with Gasteiger partial charge in [-0.25, -0.2) is 13.4 Å². The summed E-state index contributed by atoms with van der Waals surface area (Å²) in [5, 5.41) is 5.11. The first-order valence-electron chi connectivity index (χ1n) is 10.0. The van der Waals surface area contributed by atoms with Crippen molar-refractivity contribution in [2.45, 2.75) is 30.6 Å². The van der Waals surface area contributed by atoms with Crippen LogP contribution in [0.2, 0.25) is 0 Å². The van der Waals surface area contributed by atoms with E-state index >= 15 is 0 Å². The van der Waals surface area contributed by atoms with E-state index < -0.39 is 9.84 Å². The zero-order valence-corrected chi connectivity index (χ0v) is 18.0. The smallest absolute Gasteiger partial charge is 0.289 e. The third-order valence-electron chi connectivity index (χ3n) is 5.84. The van der Waals surface area contributed by atoms with Crippen molar-refractivity contribution >= 4 is 32.5 Å². The number of hydrogen-bond donors (Lipinski definition) is 0. The van der Waals surface area contributed by atoms with Crippen molar-refractivity contribution in [3.8, 4) is 0 Å². The standard InChI is InChI=1S/C21H21N5O4S/c1-13-15-7-3-4-8-16(15)30-19(13)20(27)25-9-5-6-14(11-25)18-17(31(2,28)29)10-22-21-23-12-24-26(18)21/h3-4,7-8,10,12,14H,5-6,9,11H2,1-2H3/t14-/m1/s1. The van der Waals surface area contributed by atoms with Crippen molar-refractivity contribution < 1.29 is 17.6 Å². The predicted octanol–water partition coefficient (Wildman–Crippen LogP) is 2.60. The number of furan rings is 1. The van der Waals surface area contributed by atoms with E-state index in [0.29, 0.717) is 35.9 Å². The minimum absolute atomic E-state index is 0.115. The fourth-order valence-electron chi connectivity index (χ4n) is 4.35. The number of aryl methyl sites for hydroxylation is 1. The second-order valence-electron chi connectivity index (χ2n) is 7.89. The highest BCUT2D eigenvalue weighted by Gasteiger charge is 2.33. The molecule has 31 heavy (non-hydrogen) atoms. The van der Waals surface area contributed by atoms with Crippen LogP contribution >= 0.6 is 0 Å². The van der Waals surface area contributed by atoms with Gasteiger partial charge in [0, 0.05) is 36.2 Å². The van der Waals surface area contributed by atoms with E-state index in [2.05, 4.69) is 15.1 Å². The lowest BCUT2D eigenvalue weighted by Gasteiger charge is -2.33. The van der Waals surface area contributed by atoms with Crippen molar-refractivity contribution in [3.63, 3.8) is 0 Å². The quantitative estimate of drug-likeness (QED) is 0.482. The van der Waals surface area contributed by atoms with Crippen LogP contribution in [0.3, 0.4) is 0 Å². The number of carbonyl (C=O) groups is 1. The summed E-state index contributed by atoms with van der Waals surface area (Å²) < 4.78 is 32.2. The SMILES string of the molecule is Cc1c(C(=O)N2CCC[C@@H](c3c(S(C)(=O)=O)cnc4ncnn34)C2)oc2ccccc12. The number of sulfone groups is 1. The van der Waals surface area contributed by atoms with E-state index in [0.717, 1.165) is 30.0 Å². The van der Waals surface area contributed by atoms with Crippen LogP contribution in [0, 0.1) is 6.92 Å². The molecular weight excluding hydrogens is 418 g/mol. The molecule has 1 saturated heterocycles. The number of benzene rings is 1. The third-order valence-corrected chi connectivity index (χ3v) is 6.95. The lowest BCUT2D eigenvalue weighted by molar-refractivity contribution is 0.0673. The van der Waals surface area contributed by atoms with Gasteiger partial charge in [0.2, 0.25) is 0 Å². The molecule has 0 aliphatic carbocycles. The number of hydrogen-bond acceptors (Lipinski definition) is 7. The highest BCUT2D eigenvalue weighted by molar-refractivity contribution is 7.90. The maximum absolute atomic E-state index is 13.3. The molecule has 1 aliphatic rings. The summed E-state index contributed by atoms with van der Waals surface area (Å²) in [6.07, 6.45) is 5.29. The van der Waals surface area contributed by atoms with Gasteiger partial charge in [-0.05, 0) is 25.8 Å². The van der Waals surface area contributed by atoms with E-state index in [4.69, 9.17) is 4.42 Å². The summed E-state index contributed by atoms with van der Waals surface area (Å²) >= 11 is 0. The minimum Gasteiger partial charge on any atom is -0.451 e. The molecule has 0 spiro atoms. The van der Waals surface area contributed by atoms with Crippen molar-refractivity contribution in [1.29, 1.82) is 0 Å². The summed E-state index contributed by atoms with van der Waals surface area (Å²) in [4.78, 5) is 23.4. The van der Waals surface area contributed by atoms with Crippen molar-refractivity contribution in [2.75, 3.05) is 19.3 Å². The van der Waals surface area contributed by atoms with E-state index in [1.165, 1.54) is 17.0 Å². The number of aromatic nitrogens is 4. The van der Waals surface area contributed by atoms with Gasteiger partial charge in [0.15, 0.2) is 15.6 Å². The van der Waals surface area contributed by atoms with Gasteiger partial charge in [-0.2, -0.15) is 14.6 Å². The Kier molecular flexibility index (Phi) is 4.54. The van der Waals surface area contributed by atoms with Crippen LogP contribution in [-0.4, -0.2) is 58.2 Å². The van der Waals surface area contributed by atoms with Gasteiger partial charge in [-0.1, -0.05) is 18.2 Å². The molecule has 1 aromatic carbocycles. The molecule has 1 fully saturated rings. The fourth-order valence-corrected chi connectivity index (χ4v) is 5.22. The van der Waals surface area contributed by atoms with Crippen LogP contribution in [0.1, 0.15) is 40.6 Å². The lowest BCUT2D eigenvalue weighted by Crippen LogP contribution is -2.40. The molecule has 1 amide bonds. The normalized spacial score (nSPS) is 17.5. The van der Waals surface area contributed by atoms with Gasteiger partial charge >= 0.3 is 0 Å². The first kappa shape index (κ1) is 19.7. The molecule has 0 N–H and O–H groups in total. The Balaban J connectivity index is 1.53. The van der Waals surface area contributed by atoms with E-state index in [1.54, 1.807) is 4.90 Å². The van der Waals surface area contributed by atoms with Gasteiger partial charge in [0.25, 0.3) is 11.7 Å². The number of amides is 1. The summed E-state index contributed by atoms with van der Waals surface area (Å²) in [7, 11) is -3.54. The molecule has 1 aliphatic heterocycles. The zero-order valence-electron chi connectivity index (χ0n) is 17.1. The first-order chi connectivity index (χ1) is 14.8. The molecule has 0 saturated carbocycles. The van der Waals surface area contributed by atoms with Gasteiger partial charge in [-0.15, -0.1) is 0 Å². The summed E-state index contributed by atoms with van der Waals surface area (Å²) in [5.74, 6) is 0.243. The first-order valence-corrected chi connectivity index (χ1v) is 11.9. The maximum Gasteiger partial charge on any atom is 0.289 e. The monoisotopic (exact) mass is 439 g/mol. The van der Waals surface area contributed by atoms with E-state index in [-0.39, 0.29) is 16.7 Å². The van der Waals surface area contributed by atoms with Crippen LogP contribution < -0.4 is 0 Å². The number of piperidine rings is 1. The highest BCUT2D eigenvalue weighted by atomic mass is 32.2. The fraction of sp³-hybridized carbons (Fsp3) is 0.333. The Hall–Kier alpha value is -3.27. The molecular formula is C21H21N5O4S. The number of rotatable bonds is 3. The van der Waals surface area contributed by atoms with E-state index in [1.807, 2.05) is 31.2 Å². The van der Waals surface area contributed by atoms with Crippen molar-refractivity contribution in [2.24, 2.45) is 0 Å². The molecule has 160 valence electrons. The predicted molar refractivity (Wildman–Crippen MR) is 113 cm³/mol. The van der Waals surface area contributed by atoms with Gasteiger partial charge < -0.3 is 9.32 Å². The minimum atomic E-state index is -3.54. The second kappa shape index (κ2) is 7.16. The van der Waals surface area contributed by atoms with Gasteiger partial charge in [0.1, 0.15) is 16.8 Å². The number of carbonyl (C=O) groups excluding carboxylic acids is 1. The van der Waals surface area contributed by atoms with Crippen LogP contribution in [-0.2, 0) is 9.84 Å². The van der Waals surface area contributed by atoms with Crippen molar-refractivity contribution in [3.05, 3.63) is 53.8 Å². The van der Waals surface area contributed by atoms with Crippen LogP contribution in [0.15, 0.2) is 46.1 Å². The van der Waals surface area contributed by atoms with E-state index in [9.17, 15) is 13.2 Å².